The fraction of sp³-hybridized carbons (Fsp3) is 0.545. The number of carbonyl (C=O) groups excluding carboxylic acids is 1. The maximum absolute atomic E-state index is 12.8. The highest BCUT2D eigenvalue weighted by Crippen LogP contribution is 2.62. The van der Waals surface area contributed by atoms with Crippen LogP contribution in [-0.2, 0) is 4.79 Å². The van der Waals surface area contributed by atoms with Crippen molar-refractivity contribution < 1.29 is 9.90 Å². The summed E-state index contributed by atoms with van der Waals surface area (Å²) in [5, 5.41) is 17.1. The average molecular weight is 383 g/mol. The van der Waals surface area contributed by atoms with Crippen molar-refractivity contribution >= 4 is 22.9 Å². The smallest absolute Gasteiger partial charge is 0.224 e. The summed E-state index contributed by atoms with van der Waals surface area (Å²) in [5.41, 5.74) is 2.31. The molecule has 0 saturated heterocycles. The van der Waals surface area contributed by atoms with Gasteiger partial charge in [-0.25, -0.2) is 4.98 Å². The number of hydrogen-bond donors (Lipinski definition) is 2. The van der Waals surface area contributed by atoms with Crippen molar-refractivity contribution in [2.45, 2.75) is 57.5 Å². The van der Waals surface area contributed by atoms with Crippen LogP contribution >= 0.6 is 11.3 Å². The minimum atomic E-state index is -0.507. The Morgan fingerprint density at radius 1 is 1.30 bits per heavy atom. The van der Waals surface area contributed by atoms with Crippen LogP contribution in [0.2, 0.25) is 0 Å². The number of nitrogens with zero attached hydrogens (tertiary/aromatic N) is 1. The predicted octanol–water partition coefficient (Wildman–Crippen LogP) is 4.78. The molecule has 0 aliphatic heterocycles. The summed E-state index contributed by atoms with van der Waals surface area (Å²) in [6, 6.07) is 7.93. The van der Waals surface area contributed by atoms with E-state index in [2.05, 4.69) is 10.3 Å². The lowest BCUT2D eigenvalue weighted by Crippen LogP contribution is -2.56. The normalized spacial score (nSPS) is 34.0. The number of rotatable bonds is 4. The molecule has 1 amide bonds. The van der Waals surface area contributed by atoms with Crippen LogP contribution in [0.5, 0.6) is 0 Å². The van der Waals surface area contributed by atoms with E-state index in [4.69, 9.17) is 0 Å². The number of nitrogens with one attached hydrogen (secondary N) is 1. The Hall–Kier alpha value is -1.72. The molecule has 4 fully saturated rings. The van der Waals surface area contributed by atoms with Crippen LogP contribution in [0.1, 0.15) is 50.0 Å². The van der Waals surface area contributed by atoms with Crippen LogP contribution in [0.25, 0.3) is 11.3 Å². The molecule has 4 nitrogen and oxygen atoms in total. The molecule has 142 valence electrons. The molecule has 0 spiro atoms. The van der Waals surface area contributed by atoms with Gasteiger partial charge in [0.1, 0.15) is 0 Å². The standard InChI is InChI=1S/C22H26N2O2S/c1-14-23-19(12-27-14)17-3-2-4-18(6-17)24-20(25)11-21-7-15-5-16(8-21)10-22(26,9-15)13-21/h2-4,6,12,15-16,26H,5,7-11,13H2,1H3,(H,24,25). The Labute approximate surface area is 164 Å². The average Bonchev–Trinajstić information content (AvgIpc) is 2.98. The summed E-state index contributed by atoms with van der Waals surface area (Å²) in [6.07, 6.45) is 6.69. The number of aryl methyl sites for hydroxylation is 1. The fourth-order valence-corrected chi connectivity index (χ4v) is 7.03. The van der Waals surface area contributed by atoms with Gasteiger partial charge in [-0.1, -0.05) is 12.1 Å². The molecular weight excluding hydrogens is 356 g/mol. The highest BCUT2D eigenvalue weighted by molar-refractivity contribution is 7.09. The third-order valence-corrected chi connectivity index (χ3v) is 7.52. The second-order valence-electron chi connectivity index (χ2n) is 9.24. The van der Waals surface area contributed by atoms with Crippen molar-refractivity contribution in [3.05, 3.63) is 34.7 Å². The molecule has 2 aromatic rings. The number of benzene rings is 1. The van der Waals surface area contributed by atoms with Gasteiger partial charge in [-0.3, -0.25) is 4.79 Å². The van der Waals surface area contributed by atoms with E-state index in [1.807, 2.05) is 36.6 Å². The first-order chi connectivity index (χ1) is 12.9. The maximum atomic E-state index is 12.8. The Balaban J connectivity index is 1.30. The minimum absolute atomic E-state index is 0.00650. The van der Waals surface area contributed by atoms with Gasteiger partial charge in [-0.15, -0.1) is 11.3 Å². The van der Waals surface area contributed by atoms with Gasteiger partial charge in [0.2, 0.25) is 5.91 Å². The van der Waals surface area contributed by atoms with Crippen LogP contribution in [0.15, 0.2) is 29.6 Å². The zero-order valence-electron chi connectivity index (χ0n) is 15.7. The van der Waals surface area contributed by atoms with Gasteiger partial charge >= 0.3 is 0 Å². The molecule has 2 atom stereocenters. The van der Waals surface area contributed by atoms with Gasteiger partial charge in [0.05, 0.1) is 16.3 Å². The highest BCUT2D eigenvalue weighted by atomic mass is 32.1. The van der Waals surface area contributed by atoms with Crippen LogP contribution < -0.4 is 5.32 Å². The molecule has 1 aromatic carbocycles. The molecule has 4 bridgehead atoms. The molecular formula is C22H26N2O2S. The van der Waals surface area contributed by atoms with Gasteiger partial charge in [0.15, 0.2) is 0 Å². The van der Waals surface area contributed by atoms with Crippen molar-refractivity contribution in [3.63, 3.8) is 0 Å². The first kappa shape index (κ1) is 17.4. The zero-order chi connectivity index (χ0) is 18.6. The first-order valence-electron chi connectivity index (χ1n) is 9.95. The molecule has 27 heavy (non-hydrogen) atoms. The van der Waals surface area contributed by atoms with E-state index < -0.39 is 5.60 Å². The third kappa shape index (κ3) is 3.32. The lowest BCUT2D eigenvalue weighted by atomic mass is 9.47. The van der Waals surface area contributed by atoms with E-state index in [9.17, 15) is 9.90 Å². The van der Waals surface area contributed by atoms with Crippen molar-refractivity contribution in [2.75, 3.05) is 5.32 Å². The van der Waals surface area contributed by atoms with E-state index >= 15 is 0 Å². The summed E-state index contributed by atoms with van der Waals surface area (Å²) >= 11 is 1.63. The first-order valence-corrected chi connectivity index (χ1v) is 10.8. The Morgan fingerprint density at radius 2 is 2.07 bits per heavy atom. The van der Waals surface area contributed by atoms with Gasteiger partial charge in [0, 0.05) is 23.1 Å². The second kappa shape index (κ2) is 6.14. The van der Waals surface area contributed by atoms with E-state index in [1.165, 1.54) is 6.42 Å². The number of thiazole rings is 1. The van der Waals surface area contributed by atoms with Crippen molar-refractivity contribution in [1.82, 2.24) is 4.98 Å². The van der Waals surface area contributed by atoms with E-state index in [0.29, 0.717) is 18.3 Å². The van der Waals surface area contributed by atoms with Crippen LogP contribution in [-0.4, -0.2) is 21.6 Å². The number of amides is 1. The SMILES string of the molecule is Cc1nc(-c2cccc(NC(=O)CC34CC5CC(CC(O)(C5)C3)C4)c2)cs1. The van der Waals surface area contributed by atoms with Crippen LogP contribution in [0.3, 0.4) is 0 Å². The van der Waals surface area contributed by atoms with Crippen molar-refractivity contribution in [2.24, 2.45) is 17.3 Å². The second-order valence-corrected chi connectivity index (χ2v) is 10.3. The van der Waals surface area contributed by atoms with Crippen LogP contribution in [0, 0.1) is 24.2 Å². The van der Waals surface area contributed by atoms with E-state index in [1.54, 1.807) is 11.3 Å². The Bertz CT molecular complexity index is 876. The van der Waals surface area contributed by atoms with E-state index in [-0.39, 0.29) is 11.3 Å². The summed E-state index contributed by atoms with van der Waals surface area (Å²) in [7, 11) is 0. The summed E-state index contributed by atoms with van der Waals surface area (Å²) in [6.45, 7) is 2.00. The lowest BCUT2D eigenvalue weighted by molar-refractivity contribution is -0.167. The monoisotopic (exact) mass is 382 g/mol. The van der Waals surface area contributed by atoms with Crippen LogP contribution in [0.4, 0.5) is 5.69 Å². The molecule has 5 heteroatoms. The van der Waals surface area contributed by atoms with Gasteiger partial charge in [-0.05, 0) is 74.8 Å². The molecule has 6 rings (SSSR count). The molecule has 2 N–H and O–H groups in total. The van der Waals surface area contributed by atoms with E-state index in [0.717, 1.165) is 54.1 Å². The van der Waals surface area contributed by atoms with Gasteiger partial charge in [0.25, 0.3) is 0 Å². The maximum Gasteiger partial charge on any atom is 0.224 e. The number of hydrogen-bond acceptors (Lipinski definition) is 4. The number of aromatic nitrogens is 1. The number of carbonyl (C=O) groups is 1. The van der Waals surface area contributed by atoms with Gasteiger partial charge < -0.3 is 10.4 Å². The predicted molar refractivity (Wildman–Crippen MR) is 108 cm³/mol. The quantitative estimate of drug-likeness (QED) is 0.800. The Kier molecular flexibility index (Phi) is 3.96. The molecule has 4 saturated carbocycles. The Morgan fingerprint density at radius 3 is 2.74 bits per heavy atom. The summed E-state index contributed by atoms with van der Waals surface area (Å²) in [4.78, 5) is 17.4. The summed E-state index contributed by atoms with van der Waals surface area (Å²) < 4.78 is 0. The molecule has 1 aromatic heterocycles. The molecule has 1 heterocycles. The lowest BCUT2D eigenvalue weighted by Gasteiger charge is -2.60. The highest BCUT2D eigenvalue weighted by Gasteiger charge is 2.57. The zero-order valence-corrected chi connectivity index (χ0v) is 16.5. The summed E-state index contributed by atoms with van der Waals surface area (Å²) in [5.74, 6) is 1.30. The third-order valence-electron chi connectivity index (χ3n) is 6.75. The van der Waals surface area contributed by atoms with Crippen molar-refractivity contribution in [3.8, 4) is 11.3 Å². The molecule has 4 aliphatic rings. The molecule has 4 aliphatic carbocycles. The number of anilines is 1. The van der Waals surface area contributed by atoms with Crippen molar-refractivity contribution in [1.29, 1.82) is 0 Å². The van der Waals surface area contributed by atoms with Gasteiger partial charge in [-0.2, -0.15) is 0 Å². The topological polar surface area (TPSA) is 62.2 Å². The largest absolute Gasteiger partial charge is 0.390 e. The fourth-order valence-electron chi connectivity index (χ4n) is 6.41. The minimum Gasteiger partial charge on any atom is -0.390 e. The molecule has 2 unspecified atom stereocenters. The molecule has 0 radical (unpaired) electrons. The number of aliphatic hydroxyl groups is 1.